The van der Waals surface area contributed by atoms with Crippen LogP contribution in [0.2, 0.25) is 0 Å². The van der Waals surface area contributed by atoms with Gasteiger partial charge in [-0.3, -0.25) is 0 Å². The molecule has 0 radical (unpaired) electrons. The molecule has 250 valence electrons. The minimum atomic E-state index is -1.23. The van der Waals surface area contributed by atoms with Gasteiger partial charge in [0.25, 0.3) is 0 Å². The van der Waals surface area contributed by atoms with Gasteiger partial charge in [0.1, 0.15) is 13.2 Å². The Bertz CT molecular complexity index is 1680. The molecule has 0 heterocycles. The van der Waals surface area contributed by atoms with Crippen molar-refractivity contribution in [2.24, 2.45) is 0 Å². The van der Waals surface area contributed by atoms with Gasteiger partial charge in [-0.25, -0.2) is 28.8 Å². The van der Waals surface area contributed by atoms with Crippen LogP contribution in [0.25, 0.3) is 10.8 Å². The summed E-state index contributed by atoms with van der Waals surface area (Å²) in [6.45, 7) is 0.855. The molecule has 0 unspecified atom stereocenters. The molecule has 4 aromatic carbocycles. The number of aromatic carboxylic acids is 4. The molecule has 0 aliphatic rings. The summed E-state index contributed by atoms with van der Waals surface area (Å²) in [4.78, 5) is 67.2. The van der Waals surface area contributed by atoms with Gasteiger partial charge in [0.2, 0.25) is 0 Å². The Morgan fingerprint density at radius 1 is 0.438 bits per heavy atom. The first-order chi connectivity index (χ1) is 23.0. The Balaban J connectivity index is 0.000000324. The molecule has 4 rings (SSSR count). The highest BCUT2D eigenvalue weighted by molar-refractivity contribution is 6.11. The highest BCUT2D eigenvalue weighted by Gasteiger charge is 2.18. The number of carbonyl (C=O) groups is 6. The molecule has 4 aromatic rings. The van der Waals surface area contributed by atoms with E-state index in [1.165, 1.54) is 54.6 Å². The Morgan fingerprint density at radius 2 is 0.854 bits per heavy atom. The van der Waals surface area contributed by atoms with Gasteiger partial charge in [-0.1, -0.05) is 30.3 Å². The molecule has 0 aromatic heterocycles. The van der Waals surface area contributed by atoms with E-state index < -0.39 is 35.8 Å². The zero-order valence-corrected chi connectivity index (χ0v) is 25.2. The van der Waals surface area contributed by atoms with Gasteiger partial charge in [-0.15, -0.1) is 0 Å². The lowest BCUT2D eigenvalue weighted by Gasteiger charge is -2.08. The van der Waals surface area contributed by atoms with Crippen molar-refractivity contribution in [2.75, 3.05) is 39.6 Å². The number of carboxylic acids is 4. The largest absolute Gasteiger partial charge is 0.478 e. The number of benzene rings is 4. The summed E-state index contributed by atoms with van der Waals surface area (Å²) < 4.78 is 20.6. The summed E-state index contributed by atoms with van der Waals surface area (Å²) in [5.41, 5.74) is 0.288. The molecule has 0 spiro atoms. The number of carbonyl (C=O) groups excluding carboxylic acids is 2. The molecule has 4 N–H and O–H groups in total. The second-order valence-corrected chi connectivity index (χ2v) is 9.58. The topological polar surface area (TPSA) is 220 Å². The monoisotopic (exact) mass is 662 g/mol. The molecule has 0 aliphatic heterocycles. The maximum absolute atomic E-state index is 11.8. The molecule has 0 fully saturated rings. The first-order valence-electron chi connectivity index (χ1n) is 14.1. The third-order valence-electron chi connectivity index (χ3n) is 6.40. The molecular formula is C34H30O14. The summed E-state index contributed by atoms with van der Waals surface area (Å²) in [7, 11) is 0. The van der Waals surface area contributed by atoms with Crippen LogP contribution < -0.4 is 0 Å². The Morgan fingerprint density at radius 3 is 1.27 bits per heavy atom. The van der Waals surface area contributed by atoms with Crippen LogP contribution in [0.4, 0.5) is 0 Å². The lowest BCUT2D eigenvalue weighted by Crippen LogP contribution is -2.15. The Kier molecular flexibility index (Phi) is 13.7. The van der Waals surface area contributed by atoms with Gasteiger partial charge in [0, 0.05) is 0 Å². The van der Waals surface area contributed by atoms with E-state index in [0.29, 0.717) is 10.8 Å². The van der Waals surface area contributed by atoms with Crippen LogP contribution in [0, 0.1) is 0 Å². The summed E-state index contributed by atoms with van der Waals surface area (Å²) >= 11 is 0. The number of esters is 2. The number of fused-ring (bicyclic) bond motifs is 1. The van der Waals surface area contributed by atoms with Crippen molar-refractivity contribution in [1.82, 2.24) is 0 Å². The van der Waals surface area contributed by atoms with E-state index in [0.717, 1.165) is 0 Å². The number of hydrogen-bond acceptors (Lipinski definition) is 10. The zero-order valence-electron chi connectivity index (χ0n) is 25.2. The van der Waals surface area contributed by atoms with Gasteiger partial charge in [-0.05, 0) is 65.4 Å². The predicted octanol–water partition coefficient (Wildman–Crippen LogP) is 4.37. The van der Waals surface area contributed by atoms with Gasteiger partial charge >= 0.3 is 35.8 Å². The van der Waals surface area contributed by atoms with Crippen LogP contribution in [0.15, 0.2) is 84.9 Å². The standard InChI is InChI=1S/C22H22O10.C12H8O4/c23-19(24)15-1-5-17(6-2-15)21(27)31-13-11-29-9-10-30-12-14-32-22(28)18-7-3-16(4-8-18)20(25)26;13-11(14)9-6-5-7-3-1-2-4-8(7)10(9)12(15)16/h1-8H,9-14H2,(H,23,24)(H,25,26);1-6H,(H,13,14)(H,15,16). The van der Waals surface area contributed by atoms with Crippen LogP contribution in [-0.4, -0.2) is 95.9 Å². The normalized spacial score (nSPS) is 10.3. The van der Waals surface area contributed by atoms with E-state index in [9.17, 15) is 28.8 Å². The van der Waals surface area contributed by atoms with Crippen molar-refractivity contribution in [3.05, 3.63) is 118 Å². The van der Waals surface area contributed by atoms with E-state index >= 15 is 0 Å². The molecule has 0 aliphatic carbocycles. The fraction of sp³-hybridized carbons (Fsp3) is 0.176. The highest BCUT2D eigenvalue weighted by Crippen LogP contribution is 2.22. The van der Waals surface area contributed by atoms with Crippen molar-refractivity contribution < 1.29 is 68.1 Å². The van der Waals surface area contributed by atoms with Crippen molar-refractivity contribution in [3.8, 4) is 0 Å². The van der Waals surface area contributed by atoms with Crippen molar-refractivity contribution in [1.29, 1.82) is 0 Å². The lowest BCUT2D eigenvalue weighted by atomic mass is 9.99. The van der Waals surface area contributed by atoms with Crippen LogP contribution in [0.5, 0.6) is 0 Å². The van der Waals surface area contributed by atoms with Crippen LogP contribution in [0.1, 0.15) is 62.1 Å². The van der Waals surface area contributed by atoms with Gasteiger partial charge in [0.05, 0.1) is 59.8 Å². The van der Waals surface area contributed by atoms with Crippen LogP contribution >= 0.6 is 0 Å². The summed E-state index contributed by atoms with van der Waals surface area (Å²) in [6.07, 6.45) is 0. The Hall–Kier alpha value is -6.12. The number of carboxylic acid groups (broad SMARTS) is 4. The molecule has 0 saturated carbocycles. The summed E-state index contributed by atoms with van der Waals surface area (Å²) in [5.74, 6) is -5.78. The summed E-state index contributed by atoms with van der Waals surface area (Å²) in [6, 6.07) is 20.5. The van der Waals surface area contributed by atoms with Crippen molar-refractivity contribution in [2.45, 2.75) is 0 Å². The second kappa shape index (κ2) is 18.1. The predicted molar refractivity (Wildman–Crippen MR) is 167 cm³/mol. The first kappa shape index (κ1) is 36.3. The summed E-state index contributed by atoms with van der Waals surface area (Å²) in [5, 5.41) is 36.8. The fourth-order valence-corrected chi connectivity index (χ4v) is 4.05. The van der Waals surface area contributed by atoms with Crippen LogP contribution in [-0.2, 0) is 18.9 Å². The quantitative estimate of drug-likeness (QED) is 0.103. The maximum atomic E-state index is 11.8. The SMILES string of the molecule is O=C(O)c1ccc(C(=O)OCCOCCOCCOC(=O)c2ccc(C(=O)O)cc2)cc1.O=C(O)c1ccc2ccccc2c1C(=O)O. The van der Waals surface area contributed by atoms with E-state index in [1.807, 2.05) is 0 Å². The van der Waals surface area contributed by atoms with E-state index in [-0.39, 0.29) is 73.0 Å². The average molecular weight is 663 g/mol. The number of ether oxygens (including phenoxy) is 4. The van der Waals surface area contributed by atoms with Crippen molar-refractivity contribution in [3.63, 3.8) is 0 Å². The van der Waals surface area contributed by atoms with Gasteiger partial charge in [-0.2, -0.15) is 0 Å². The lowest BCUT2D eigenvalue weighted by molar-refractivity contribution is 0.00229. The third kappa shape index (κ3) is 10.8. The second-order valence-electron chi connectivity index (χ2n) is 9.58. The smallest absolute Gasteiger partial charge is 0.338 e. The maximum Gasteiger partial charge on any atom is 0.338 e. The van der Waals surface area contributed by atoms with Crippen molar-refractivity contribution >= 4 is 46.6 Å². The molecule has 0 atom stereocenters. The van der Waals surface area contributed by atoms with E-state index in [1.54, 1.807) is 30.3 Å². The zero-order chi connectivity index (χ0) is 35.1. The highest BCUT2D eigenvalue weighted by atomic mass is 16.6. The van der Waals surface area contributed by atoms with Gasteiger partial charge in [0.15, 0.2) is 0 Å². The van der Waals surface area contributed by atoms with E-state index in [2.05, 4.69) is 0 Å². The molecule has 14 nitrogen and oxygen atoms in total. The molecule has 48 heavy (non-hydrogen) atoms. The molecule has 0 bridgehead atoms. The molecule has 0 saturated heterocycles. The molecule has 14 heteroatoms. The minimum Gasteiger partial charge on any atom is -0.478 e. The third-order valence-corrected chi connectivity index (χ3v) is 6.40. The van der Waals surface area contributed by atoms with Gasteiger partial charge < -0.3 is 39.4 Å². The van der Waals surface area contributed by atoms with E-state index in [4.69, 9.17) is 39.4 Å². The fourth-order valence-electron chi connectivity index (χ4n) is 4.05. The van der Waals surface area contributed by atoms with Crippen LogP contribution in [0.3, 0.4) is 0 Å². The Labute approximate surface area is 272 Å². The number of rotatable bonds is 15. The number of hydrogen-bond donors (Lipinski definition) is 4. The molecule has 0 amide bonds. The molecular weight excluding hydrogens is 632 g/mol. The first-order valence-corrected chi connectivity index (χ1v) is 14.1. The minimum absolute atomic E-state index is 0.0256. The average Bonchev–Trinajstić information content (AvgIpc) is 3.08.